The Bertz CT molecular complexity index is 1010. The highest BCUT2D eigenvalue weighted by atomic mass is 19.3. The van der Waals surface area contributed by atoms with Crippen molar-refractivity contribution in [3.8, 4) is 0 Å². The molecule has 0 saturated heterocycles. The van der Waals surface area contributed by atoms with Crippen molar-refractivity contribution in [1.29, 1.82) is 0 Å². The molecule has 2 N–H and O–H groups in total. The van der Waals surface area contributed by atoms with Crippen LogP contribution in [0.4, 0.5) is 20.2 Å². The van der Waals surface area contributed by atoms with Gasteiger partial charge in [-0.3, -0.25) is 9.48 Å². The van der Waals surface area contributed by atoms with Gasteiger partial charge in [-0.15, -0.1) is 0 Å². The summed E-state index contributed by atoms with van der Waals surface area (Å²) < 4.78 is 31.2. The molecule has 0 spiro atoms. The number of hydrogen-bond donors (Lipinski definition) is 1. The first kappa shape index (κ1) is 18.2. The maximum absolute atomic E-state index is 14.8. The number of benzene rings is 2. The van der Waals surface area contributed by atoms with Crippen molar-refractivity contribution < 1.29 is 13.6 Å². The van der Waals surface area contributed by atoms with Crippen molar-refractivity contribution in [2.45, 2.75) is 31.9 Å². The summed E-state index contributed by atoms with van der Waals surface area (Å²) in [4.78, 5) is 14.6. The monoisotopic (exact) mass is 382 g/mol. The summed E-state index contributed by atoms with van der Waals surface area (Å²) >= 11 is 0. The first-order valence-corrected chi connectivity index (χ1v) is 9.02. The Morgan fingerprint density at radius 3 is 2.21 bits per heavy atom. The van der Waals surface area contributed by atoms with Crippen LogP contribution in [-0.2, 0) is 5.92 Å². The van der Waals surface area contributed by atoms with E-state index in [1.807, 2.05) is 13.8 Å². The molecule has 1 aliphatic heterocycles. The summed E-state index contributed by atoms with van der Waals surface area (Å²) in [5, 5.41) is 4.19. The van der Waals surface area contributed by atoms with Gasteiger partial charge in [0.25, 0.3) is 11.8 Å². The maximum Gasteiger partial charge on any atom is 0.298 e. The second-order valence-corrected chi connectivity index (χ2v) is 7.04. The van der Waals surface area contributed by atoms with Crippen LogP contribution in [0, 0.1) is 0 Å². The zero-order chi connectivity index (χ0) is 20.1. The standard InChI is InChI=1S/C21H20F2N4O/c1-13-14(2)27-19(18(24)12-25-27)20(28)26(13)17-10-8-16(9-11-17)21(22,23)15-6-4-3-5-7-15/h3-14H,24H2,1-2H3/t13-,14-/m0/s1. The zero-order valence-electron chi connectivity index (χ0n) is 15.5. The number of fused-ring (bicyclic) bond motifs is 1. The molecule has 2 aromatic carbocycles. The number of aromatic nitrogens is 2. The lowest BCUT2D eigenvalue weighted by atomic mass is 9.99. The number of carbonyl (C=O) groups excluding carboxylic acids is 1. The second-order valence-electron chi connectivity index (χ2n) is 7.04. The quantitative estimate of drug-likeness (QED) is 0.738. The number of rotatable bonds is 3. The van der Waals surface area contributed by atoms with Gasteiger partial charge in [0.1, 0.15) is 5.69 Å². The molecule has 4 rings (SSSR count). The highest BCUT2D eigenvalue weighted by molar-refractivity contribution is 6.09. The number of amides is 1. The molecule has 3 aromatic rings. The summed E-state index contributed by atoms with van der Waals surface area (Å²) in [5.41, 5.74) is 6.89. The summed E-state index contributed by atoms with van der Waals surface area (Å²) in [6.45, 7) is 3.84. The third-order valence-electron chi connectivity index (χ3n) is 5.38. The molecule has 144 valence electrons. The van der Waals surface area contributed by atoms with Crippen LogP contribution >= 0.6 is 0 Å². The smallest absolute Gasteiger partial charge is 0.298 e. The summed E-state index contributed by atoms with van der Waals surface area (Å²) in [6, 6.07) is 13.2. The Kier molecular flexibility index (Phi) is 4.18. The highest BCUT2D eigenvalue weighted by Crippen LogP contribution is 2.38. The molecule has 2 heterocycles. The number of alkyl halides is 2. The van der Waals surface area contributed by atoms with E-state index in [-0.39, 0.29) is 29.1 Å². The van der Waals surface area contributed by atoms with Gasteiger partial charge in [-0.05, 0) is 26.0 Å². The SMILES string of the molecule is C[C@H]1[C@H](C)n2ncc(N)c2C(=O)N1c1ccc(C(F)(F)c2ccccc2)cc1. The predicted molar refractivity (Wildman–Crippen MR) is 104 cm³/mol. The van der Waals surface area contributed by atoms with Gasteiger partial charge in [-0.2, -0.15) is 13.9 Å². The molecule has 7 heteroatoms. The number of nitrogen functional groups attached to an aromatic ring is 1. The normalized spacial score (nSPS) is 19.6. The van der Waals surface area contributed by atoms with Gasteiger partial charge in [0.05, 0.1) is 24.0 Å². The van der Waals surface area contributed by atoms with E-state index in [9.17, 15) is 13.6 Å². The van der Waals surface area contributed by atoms with Crippen LogP contribution in [0.5, 0.6) is 0 Å². The molecular weight excluding hydrogens is 362 g/mol. The van der Waals surface area contributed by atoms with Crippen molar-refractivity contribution in [1.82, 2.24) is 9.78 Å². The van der Waals surface area contributed by atoms with E-state index >= 15 is 0 Å². The number of carbonyl (C=O) groups is 1. The average molecular weight is 382 g/mol. The third kappa shape index (κ3) is 2.66. The van der Waals surface area contributed by atoms with Gasteiger partial charge >= 0.3 is 0 Å². The first-order chi connectivity index (χ1) is 13.3. The van der Waals surface area contributed by atoms with Crippen LogP contribution in [0.2, 0.25) is 0 Å². The van der Waals surface area contributed by atoms with Gasteiger partial charge in [-0.1, -0.05) is 42.5 Å². The van der Waals surface area contributed by atoms with Crippen molar-refractivity contribution in [2.24, 2.45) is 0 Å². The Balaban J connectivity index is 1.70. The summed E-state index contributed by atoms with van der Waals surface area (Å²) in [7, 11) is 0. The van der Waals surface area contributed by atoms with Crippen LogP contribution < -0.4 is 10.6 Å². The van der Waals surface area contributed by atoms with E-state index in [1.165, 1.54) is 30.5 Å². The van der Waals surface area contributed by atoms with Gasteiger partial charge in [0.15, 0.2) is 0 Å². The van der Waals surface area contributed by atoms with Crippen LogP contribution in [0.25, 0.3) is 0 Å². The molecule has 0 saturated carbocycles. The molecule has 1 aliphatic rings. The fourth-order valence-electron chi connectivity index (χ4n) is 3.62. The van der Waals surface area contributed by atoms with E-state index in [0.717, 1.165) is 0 Å². The molecule has 28 heavy (non-hydrogen) atoms. The number of hydrogen-bond acceptors (Lipinski definition) is 3. The van der Waals surface area contributed by atoms with Crippen molar-refractivity contribution in [3.05, 3.63) is 77.6 Å². The lowest BCUT2D eigenvalue weighted by molar-refractivity contribution is 0.0428. The van der Waals surface area contributed by atoms with Crippen LogP contribution in [0.3, 0.4) is 0 Å². The Morgan fingerprint density at radius 1 is 0.964 bits per heavy atom. The highest BCUT2D eigenvalue weighted by Gasteiger charge is 2.39. The van der Waals surface area contributed by atoms with Crippen molar-refractivity contribution >= 4 is 17.3 Å². The minimum Gasteiger partial charge on any atom is -0.396 e. The second kappa shape index (κ2) is 6.44. The molecule has 0 aliphatic carbocycles. The van der Waals surface area contributed by atoms with Crippen LogP contribution in [0.1, 0.15) is 41.5 Å². The van der Waals surface area contributed by atoms with E-state index in [1.54, 1.807) is 39.9 Å². The van der Waals surface area contributed by atoms with Gasteiger partial charge < -0.3 is 10.6 Å². The lowest BCUT2D eigenvalue weighted by Gasteiger charge is -2.38. The third-order valence-corrected chi connectivity index (χ3v) is 5.38. The Labute approximate surface area is 161 Å². The van der Waals surface area contributed by atoms with E-state index in [4.69, 9.17) is 5.73 Å². The van der Waals surface area contributed by atoms with Crippen molar-refractivity contribution in [3.63, 3.8) is 0 Å². The number of nitrogens with two attached hydrogens (primary N) is 1. The fourth-order valence-corrected chi connectivity index (χ4v) is 3.62. The van der Waals surface area contributed by atoms with E-state index in [0.29, 0.717) is 17.1 Å². The Morgan fingerprint density at radius 2 is 1.57 bits per heavy atom. The molecule has 5 nitrogen and oxygen atoms in total. The predicted octanol–water partition coefficient (Wildman–Crippen LogP) is 4.22. The van der Waals surface area contributed by atoms with E-state index in [2.05, 4.69) is 5.10 Å². The minimum absolute atomic E-state index is 0.0736. The number of nitrogens with zero attached hydrogens (tertiary/aromatic N) is 3. The van der Waals surface area contributed by atoms with Gasteiger partial charge in [0.2, 0.25) is 0 Å². The topological polar surface area (TPSA) is 64.2 Å². The summed E-state index contributed by atoms with van der Waals surface area (Å²) in [6.07, 6.45) is 1.46. The summed E-state index contributed by atoms with van der Waals surface area (Å²) in [5.74, 6) is -3.41. The molecule has 2 atom stereocenters. The first-order valence-electron chi connectivity index (χ1n) is 9.02. The van der Waals surface area contributed by atoms with Crippen LogP contribution in [-0.4, -0.2) is 21.7 Å². The molecule has 0 radical (unpaired) electrons. The van der Waals surface area contributed by atoms with Crippen molar-refractivity contribution in [2.75, 3.05) is 10.6 Å². The van der Waals surface area contributed by atoms with Gasteiger partial charge in [-0.25, -0.2) is 0 Å². The van der Waals surface area contributed by atoms with E-state index < -0.39 is 5.92 Å². The Hall–Kier alpha value is -3.22. The molecule has 1 amide bonds. The minimum atomic E-state index is -3.12. The largest absolute Gasteiger partial charge is 0.396 e. The molecule has 0 fully saturated rings. The molecule has 0 unspecified atom stereocenters. The molecule has 1 aromatic heterocycles. The molecular formula is C21H20F2N4O. The zero-order valence-corrected chi connectivity index (χ0v) is 15.5. The fraction of sp³-hybridized carbons (Fsp3) is 0.238. The van der Waals surface area contributed by atoms with Crippen LogP contribution in [0.15, 0.2) is 60.8 Å². The lowest BCUT2D eigenvalue weighted by Crippen LogP contribution is -2.49. The number of anilines is 2. The average Bonchev–Trinajstić information content (AvgIpc) is 3.09. The molecule has 0 bridgehead atoms. The number of halogens is 2. The van der Waals surface area contributed by atoms with Gasteiger partial charge in [0, 0.05) is 16.8 Å². The maximum atomic E-state index is 14.8.